The first-order chi connectivity index (χ1) is 7.92. The quantitative estimate of drug-likeness (QED) is 0.666. The number of nitrogens with one attached hydrogen (secondary N) is 1. The lowest BCUT2D eigenvalue weighted by Gasteiger charge is -2.26. The van der Waals surface area contributed by atoms with Crippen molar-refractivity contribution in [3.05, 3.63) is 29.3 Å². The fourth-order valence-electron chi connectivity index (χ4n) is 1.66. The summed E-state index contributed by atoms with van der Waals surface area (Å²) in [5.41, 5.74) is 0.450. The third kappa shape index (κ3) is 3.39. The van der Waals surface area contributed by atoms with E-state index in [1.807, 2.05) is 13.8 Å². The molecule has 5 heteroatoms. The van der Waals surface area contributed by atoms with Crippen molar-refractivity contribution in [3.63, 3.8) is 0 Å². The standard InChI is InChI=1S/C12H16BrF2NO/c1-12(2,6-16-7-13)8-4-10(15)11(17-3)5-9(8)14/h4-5,16H,6-7H2,1-3H3. The van der Waals surface area contributed by atoms with Crippen molar-refractivity contribution in [2.45, 2.75) is 19.3 Å². The van der Waals surface area contributed by atoms with Gasteiger partial charge in [-0.1, -0.05) is 29.8 Å². The summed E-state index contributed by atoms with van der Waals surface area (Å²) in [5, 5.41) is 3.06. The van der Waals surface area contributed by atoms with Crippen LogP contribution in [0.1, 0.15) is 19.4 Å². The second-order valence-electron chi connectivity index (χ2n) is 4.41. The maximum Gasteiger partial charge on any atom is 0.165 e. The zero-order chi connectivity index (χ0) is 13.1. The number of benzene rings is 1. The van der Waals surface area contributed by atoms with Crippen molar-refractivity contribution in [3.8, 4) is 5.75 Å². The summed E-state index contributed by atoms with van der Waals surface area (Å²) in [6, 6.07) is 2.28. The van der Waals surface area contributed by atoms with Crippen molar-refractivity contribution >= 4 is 15.9 Å². The molecule has 0 bridgehead atoms. The molecule has 0 saturated heterocycles. The summed E-state index contributed by atoms with van der Waals surface area (Å²) in [6.45, 7) is 4.25. The lowest BCUT2D eigenvalue weighted by Crippen LogP contribution is -2.33. The fourth-order valence-corrected chi connectivity index (χ4v) is 1.86. The van der Waals surface area contributed by atoms with Gasteiger partial charge in [-0.25, -0.2) is 8.78 Å². The van der Waals surface area contributed by atoms with Crippen molar-refractivity contribution < 1.29 is 13.5 Å². The Labute approximate surface area is 108 Å². The van der Waals surface area contributed by atoms with Crippen LogP contribution in [-0.2, 0) is 5.41 Å². The second kappa shape index (κ2) is 5.78. The van der Waals surface area contributed by atoms with E-state index in [1.54, 1.807) is 0 Å². The summed E-state index contributed by atoms with van der Waals surface area (Å²) < 4.78 is 32.2. The maximum absolute atomic E-state index is 13.9. The Hall–Kier alpha value is -0.680. The van der Waals surface area contributed by atoms with Crippen LogP contribution < -0.4 is 10.1 Å². The number of alkyl halides is 1. The van der Waals surface area contributed by atoms with E-state index in [9.17, 15) is 8.78 Å². The smallest absolute Gasteiger partial charge is 0.165 e. The van der Waals surface area contributed by atoms with Gasteiger partial charge in [-0.3, -0.25) is 0 Å². The van der Waals surface area contributed by atoms with Crippen LogP contribution in [0.5, 0.6) is 5.75 Å². The highest BCUT2D eigenvalue weighted by Crippen LogP contribution is 2.30. The van der Waals surface area contributed by atoms with Gasteiger partial charge in [0.2, 0.25) is 0 Å². The summed E-state index contributed by atoms with van der Waals surface area (Å²) in [7, 11) is 1.31. The zero-order valence-corrected chi connectivity index (χ0v) is 11.7. The molecule has 1 aromatic carbocycles. The van der Waals surface area contributed by atoms with Gasteiger partial charge in [-0.05, 0) is 11.6 Å². The van der Waals surface area contributed by atoms with Gasteiger partial charge < -0.3 is 10.1 Å². The first-order valence-corrected chi connectivity index (χ1v) is 6.34. The first-order valence-electron chi connectivity index (χ1n) is 5.22. The van der Waals surface area contributed by atoms with Crippen molar-refractivity contribution in [1.29, 1.82) is 0 Å². The zero-order valence-electron chi connectivity index (χ0n) is 10.1. The van der Waals surface area contributed by atoms with Gasteiger partial charge in [0.15, 0.2) is 11.6 Å². The monoisotopic (exact) mass is 307 g/mol. The van der Waals surface area contributed by atoms with Gasteiger partial charge in [0.05, 0.1) is 12.6 Å². The molecule has 17 heavy (non-hydrogen) atoms. The Bertz CT molecular complexity index is 396. The molecule has 0 aromatic heterocycles. The molecule has 0 radical (unpaired) electrons. The van der Waals surface area contributed by atoms with E-state index in [-0.39, 0.29) is 5.75 Å². The molecule has 1 rings (SSSR count). The molecule has 0 aliphatic carbocycles. The van der Waals surface area contributed by atoms with Gasteiger partial charge >= 0.3 is 0 Å². The van der Waals surface area contributed by atoms with Crippen LogP contribution >= 0.6 is 15.9 Å². The van der Waals surface area contributed by atoms with Crippen LogP contribution in [0.15, 0.2) is 12.1 Å². The summed E-state index contributed by atoms with van der Waals surface area (Å²) in [5.74, 6) is -1.07. The van der Waals surface area contributed by atoms with Crippen LogP contribution in [0.3, 0.4) is 0 Å². The number of rotatable bonds is 5. The molecule has 0 unspecified atom stereocenters. The van der Waals surface area contributed by atoms with E-state index in [0.29, 0.717) is 17.6 Å². The van der Waals surface area contributed by atoms with Crippen LogP contribution in [0.2, 0.25) is 0 Å². The number of ether oxygens (including phenoxy) is 1. The lowest BCUT2D eigenvalue weighted by molar-refractivity contribution is 0.377. The molecule has 0 atom stereocenters. The van der Waals surface area contributed by atoms with Crippen molar-refractivity contribution in [1.82, 2.24) is 5.32 Å². The Morgan fingerprint density at radius 1 is 1.29 bits per heavy atom. The number of hydrogen-bond donors (Lipinski definition) is 1. The fraction of sp³-hybridized carbons (Fsp3) is 0.500. The Morgan fingerprint density at radius 3 is 2.47 bits per heavy atom. The minimum Gasteiger partial charge on any atom is -0.494 e. The van der Waals surface area contributed by atoms with Gasteiger partial charge in [0.25, 0.3) is 0 Å². The molecular formula is C12H16BrF2NO. The minimum atomic E-state index is -0.546. The number of methoxy groups -OCH3 is 1. The van der Waals surface area contributed by atoms with E-state index in [1.165, 1.54) is 13.2 Å². The lowest BCUT2D eigenvalue weighted by atomic mass is 9.84. The molecule has 96 valence electrons. The van der Waals surface area contributed by atoms with Crippen molar-refractivity contribution in [2.75, 3.05) is 19.1 Å². The van der Waals surface area contributed by atoms with Gasteiger partial charge in [0.1, 0.15) is 5.82 Å². The molecule has 1 aromatic rings. The van der Waals surface area contributed by atoms with Gasteiger partial charge in [0, 0.05) is 18.0 Å². The molecule has 0 heterocycles. The average Bonchev–Trinajstić information content (AvgIpc) is 2.28. The first kappa shape index (κ1) is 14.4. The highest BCUT2D eigenvalue weighted by molar-refractivity contribution is 9.09. The minimum absolute atomic E-state index is 0.0736. The third-order valence-corrected chi connectivity index (χ3v) is 3.03. The summed E-state index contributed by atoms with van der Waals surface area (Å²) in [4.78, 5) is 0. The molecule has 1 N–H and O–H groups in total. The third-order valence-electron chi connectivity index (χ3n) is 2.63. The Morgan fingerprint density at radius 2 is 1.94 bits per heavy atom. The highest BCUT2D eigenvalue weighted by atomic mass is 79.9. The van der Waals surface area contributed by atoms with Crippen LogP contribution in [0.4, 0.5) is 8.78 Å². The maximum atomic E-state index is 13.9. The van der Waals surface area contributed by atoms with E-state index in [4.69, 9.17) is 4.74 Å². The SMILES string of the molecule is COc1cc(F)c(C(C)(C)CNCBr)cc1F. The molecule has 0 aliphatic heterocycles. The Balaban J connectivity index is 3.09. The van der Waals surface area contributed by atoms with Crippen LogP contribution in [-0.4, -0.2) is 19.1 Å². The molecule has 0 amide bonds. The van der Waals surface area contributed by atoms with E-state index in [2.05, 4.69) is 21.2 Å². The predicted octanol–water partition coefficient (Wildman–Crippen LogP) is 3.19. The Kier molecular flexibility index (Phi) is 4.89. The van der Waals surface area contributed by atoms with Crippen LogP contribution in [0.25, 0.3) is 0 Å². The van der Waals surface area contributed by atoms with E-state index >= 15 is 0 Å². The van der Waals surface area contributed by atoms with E-state index in [0.717, 1.165) is 6.07 Å². The summed E-state index contributed by atoms with van der Waals surface area (Å²) >= 11 is 3.23. The van der Waals surface area contributed by atoms with Gasteiger partial charge in [-0.15, -0.1) is 0 Å². The van der Waals surface area contributed by atoms with Crippen LogP contribution in [0, 0.1) is 11.6 Å². The number of halogens is 3. The molecular weight excluding hydrogens is 292 g/mol. The average molecular weight is 308 g/mol. The predicted molar refractivity (Wildman–Crippen MR) is 67.7 cm³/mol. The molecule has 0 spiro atoms. The van der Waals surface area contributed by atoms with E-state index < -0.39 is 17.0 Å². The second-order valence-corrected chi connectivity index (χ2v) is 4.97. The van der Waals surface area contributed by atoms with Gasteiger partial charge in [-0.2, -0.15) is 0 Å². The highest BCUT2D eigenvalue weighted by Gasteiger charge is 2.25. The van der Waals surface area contributed by atoms with Crippen molar-refractivity contribution in [2.24, 2.45) is 0 Å². The molecule has 2 nitrogen and oxygen atoms in total. The largest absolute Gasteiger partial charge is 0.494 e. The molecule has 0 aliphatic rings. The molecule has 0 saturated carbocycles. The summed E-state index contributed by atoms with van der Waals surface area (Å²) in [6.07, 6.45) is 0. The number of hydrogen-bond acceptors (Lipinski definition) is 2. The topological polar surface area (TPSA) is 21.3 Å². The molecule has 0 fully saturated rings. The normalized spacial score (nSPS) is 11.6.